The number of benzene rings is 3. The van der Waals surface area contributed by atoms with E-state index in [9.17, 15) is 9.59 Å². The number of fused-ring (bicyclic) bond motifs is 1. The van der Waals surface area contributed by atoms with Gasteiger partial charge in [0.15, 0.2) is 5.75 Å². The molecule has 5 aromatic rings. The van der Waals surface area contributed by atoms with E-state index in [4.69, 9.17) is 9.47 Å². The molecule has 7 heteroatoms. The molecule has 1 aromatic heterocycles. The molecule has 0 amide bonds. The van der Waals surface area contributed by atoms with Gasteiger partial charge < -0.3 is 25.1 Å². The van der Waals surface area contributed by atoms with Crippen LogP contribution in [-0.4, -0.2) is 25.7 Å². The summed E-state index contributed by atoms with van der Waals surface area (Å²) in [6, 6.07) is 23.7. The second kappa shape index (κ2) is 10.1. The fraction of sp³-hybridized carbons (Fsp3) is 0.172. The van der Waals surface area contributed by atoms with E-state index in [0.717, 1.165) is 41.0 Å². The standard InChI is InChI=1S/C29H27N3O4/c1-35-20-13-11-18(12-14-20)25(30-16-15-19-17-31-23-9-5-3-7-21(19)23)22-8-4-6-10-24(22)32-26-27(33)28(34)29(26)36-2/h3-14,17,25,30-32H,15-16H2,1-2H3. The van der Waals surface area contributed by atoms with E-state index in [1.165, 1.54) is 18.1 Å². The number of ether oxygens (including phenoxy) is 2. The van der Waals surface area contributed by atoms with Crippen molar-refractivity contribution in [3.8, 4) is 11.5 Å². The molecule has 0 aliphatic heterocycles. The molecule has 0 spiro atoms. The molecule has 4 aromatic carbocycles. The maximum Gasteiger partial charge on any atom is 0.272 e. The highest BCUT2D eigenvalue weighted by molar-refractivity contribution is 5.83. The lowest BCUT2D eigenvalue weighted by Gasteiger charge is -2.24. The Morgan fingerprint density at radius 1 is 0.861 bits per heavy atom. The van der Waals surface area contributed by atoms with E-state index < -0.39 is 10.9 Å². The zero-order valence-electron chi connectivity index (χ0n) is 20.1. The highest BCUT2D eigenvalue weighted by atomic mass is 16.5. The Morgan fingerprint density at radius 2 is 1.61 bits per heavy atom. The van der Waals surface area contributed by atoms with E-state index in [-0.39, 0.29) is 17.5 Å². The van der Waals surface area contributed by atoms with Crippen molar-refractivity contribution >= 4 is 22.3 Å². The van der Waals surface area contributed by atoms with Crippen molar-refractivity contribution < 1.29 is 9.47 Å². The molecule has 0 saturated heterocycles. The molecular formula is C29H27N3O4. The Balaban J connectivity index is 1.45. The Hall–Kier alpha value is -4.36. The Labute approximate surface area is 208 Å². The van der Waals surface area contributed by atoms with Crippen LogP contribution in [0.25, 0.3) is 10.9 Å². The summed E-state index contributed by atoms with van der Waals surface area (Å²) in [6.07, 6.45) is 2.89. The molecule has 0 aliphatic carbocycles. The maximum absolute atomic E-state index is 12.2. The van der Waals surface area contributed by atoms with Crippen LogP contribution in [0, 0.1) is 0 Å². The third-order valence-electron chi connectivity index (χ3n) is 6.47. The van der Waals surface area contributed by atoms with Gasteiger partial charge in [0, 0.05) is 29.3 Å². The lowest BCUT2D eigenvalue weighted by Crippen LogP contribution is -2.34. The Bertz CT molecular complexity index is 1560. The van der Waals surface area contributed by atoms with Crippen molar-refractivity contribution in [3.05, 3.63) is 116 Å². The van der Waals surface area contributed by atoms with Crippen molar-refractivity contribution in [2.75, 3.05) is 26.1 Å². The summed E-state index contributed by atoms with van der Waals surface area (Å²) < 4.78 is 10.5. The molecule has 1 unspecified atom stereocenters. The van der Waals surface area contributed by atoms with Gasteiger partial charge >= 0.3 is 0 Å². The maximum atomic E-state index is 12.2. The van der Waals surface area contributed by atoms with Gasteiger partial charge in [-0.3, -0.25) is 9.59 Å². The van der Waals surface area contributed by atoms with E-state index >= 15 is 0 Å². The normalized spacial score (nSPS) is 12.1. The third-order valence-corrected chi connectivity index (χ3v) is 6.47. The summed E-state index contributed by atoms with van der Waals surface area (Å²) >= 11 is 0. The fourth-order valence-corrected chi connectivity index (χ4v) is 4.57. The molecule has 3 N–H and O–H groups in total. The molecule has 36 heavy (non-hydrogen) atoms. The first-order chi connectivity index (χ1) is 17.6. The zero-order chi connectivity index (χ0) is 25.1. The van der Waals surface area contributed by atoms with E-state index in [0.29, 0.717) is 0 Å². The van der Waals surface area contributed by atoms with Crippen LogP contribution in [0.15, 0.2) is 88.6 Å². The van der Waals surface area contributed by atoms with Gasteiger partial charge in [-0.25, -0.2) is 0 Å². The number of methoxy groups -OCH3 is 2. The molecule has 0 radical (unpaired) electrons. The van der Waals surface area contributed by atoms with Crippen LogP contribution in [0.1, 0.15) is 22.7 Å². The van der Waals surface area contributed by atoms with Crippen molar-refractivity contribution in [1.82, 2.24) is 10.3 Å². The first-order valence-corrected chi connectivity index (χ1v) is 11.8. The van der Waals surface area contributed by atoms with Gasteiger partial charge in [-0.15, -0.1) is 0 Å². The number of aromatic nitrogens is 1. The smallest absolute Gasteiger partial charge is 0.272 e. The Morgan fingerprint density at radius 3 is 2.39 bits per heavy atom. The van der Waals surface area contributed by atoms with Crippen LogP contribution in [0.4, 0.5) is 11.4 Å². The van der Waals surface area contributed by atoms with Gasteiger partial charge in [0.2, 0.25) is 0 Å². The van der Waals surface area contributed by atoms with E-state index in [1.54, 1.807) is 7.11 Å². The van der Waals surface area contributed by atoms with Gasteiger partial charge in [-0.1, -0.05) is 48.5 Å². The molecule has 5 rings (SSSR count). The lowest BCUT2D eigenvalue weighted by molar-refractivity contribution is 0.408. The van der Waals surface area contributed by atoms with Crippen LogP contribution in [-0.2, 0) is 6.42 Å². The van der Waals surface area contributed by atoms with Gasteiger partial charge in [-0.2, -0.15) is 0 Å². The number of hydrogen-bond acceptors (Lipinski definition) is 6. The SMILES string of the molecule is COc1ccc(C(NCCc2c[nH]c3ccccc23)c2ccccc2Nc2c(OC)c(=O)c2=O)cc1. The largest absolute Gasteiger partial charge is 0.497 e. The van der Waals surface area contributed by atoms with Gasteiger partial charge in [0.1, 0.15) is 11.4 Å². The third kappa shape index (κ3) is 4.36. The average Bonchev–Trinajstić information content (AvgIpc) is 3.34. The highest BCUT2D eigenvalue weighted by Crippen LogP contribution is 2.32. The number of anilines is 2. The molecule has 0 bridgehead atoms. The molecule has 0 fully saturated rings. The zero-order valence-corrected chi connectivity index (χ0v) is 20.1. The second-order valence-corrected chi connectivity index (χ2v) is 8.55. The van der Waals surface area contributed by atoms with Crippen molar-refractivity contribution in [2.24, 2.45) is 0 Å². The summed E-state index contributed by atoms with van der Waals surface area (Å²) in [5, 5.41) is 8.05. The average molecular weight is 482 g/mol. The fourth-order valence-electron chi connectivity index (χ4n) is 4.57. The van der Waals surface area contributed by atoms with Crippen LogP contribution < -0.4 is 31.0 Å². The van der Waals surface area contributed by atoms with Crippen molar-refractivity contribution in [3.63, 3.8) is 0 Å². The number of H-pyrrole nitrogens is 1. The molecule has 7 nitrogen and oxygen atoms in total. The molecule has 1 atom stereocenters. The van der Waals surface area contributed by atoms with E-state index in [1.807, 2.05) is 60.7 Å². The number of hydrogen-bond donors (Lipinski definition) is 3. The van der Waals surface area contributed by atoms with Crippen molar-refractivity contribution in [1.29, 1.82) is 0 Å². The quantitative estimate of drug-likeness (QED) is 0.255. The lowest BCUT2D eigenvalue weighted by atomic mass is 9.96. The number of aromatic amines is 1. The highest BCUT2D eigenvalue weighted by Gasteiger charge is 2.24. The minimum Gasteiger partial charge on any atom is -0.497 e. The summed E-state index contributed by atoms with van der Waals surface area (Å²) in [6.45, 7) is 0.719. The summed E-state index contributed by atoms with van der Waals surface area (Å²) in [4.78, 5) is 27.4. The molecule has 1 heterocycles. The minimum absolute atomic E-state index is 0.0584. The molecule has 182 valence electrons. The van der Waals surface area contributed by atoms with Gasteiger partial charge in [0.05, 0.1) is 20.3 Å². The first-order valence-electron chi connectivity index (χ1n) is 11.8. The summed E-state index contributed by atoms with van der Waals surface area (Å²) in [5.41, 5.74) is 4.07. The first kappa shape index (κ1) is 23.4. The summed E-state index contributed by atoms with van der Waals surface area (Å²) in [5.74, 6) is 0.833. The minimum atomic E-state index is -0.610. The molecule has 0 saturated carbocycles. The van der Waals surface area contributed by atoms with Crippen LogP contribution in [0.2, 0.25) is 0 Å². The van der Waals surface area contributed by atoms with Gasteiger partial charge in [0.25, 0.3) is 10.9 Å². The van der Waals surface area contributed by atoms with Crippen LogP contribution in [0.5, 0.6) is 11.5 Å². The molecule has 0 aliphatic rings. The summed E-state index contributed by atoms with van der Waals surface area (Å²) in [7, 11) is 3.03. The van der Waals surface area contributed by atoms with Crippen LogP contribution in [0.3, 0.4) is 0 Å². The van der Waals surface area contributed by atoms with Gasteiger partial charge in [-0.05, 0) is 47.4 Å². The Kier molecular flexibility index (Phi) is 6.56. The monoisotopic (exact) mass is 481 g/mol. The number of rotatable bonds is 10. The van der Waals surface area contributed by atoms with Crippen LogP contribution >= 0.6 is 0 Å². The molecular weight excluding hydrogens is 454 g/mol. The number of nitrogens with one attached hydrogen (secondary N) is 3. The topological polar surface area (TPSA) is 92.4 Å². The predicted octanol–water partition coefficient (Wildman–Crippen LogP) is 4.45. The second-order valence-electron chi connectivity index (χ2n) is 8.55. The van der Waals surface area contributed by atoms with E-state index in [2.05, 4.69) is 33.9 Å². The number of para-hydroxylation sites is 2. The van der Waals surface area contributed by atoms with Crippen molar-refractivity contribution in [2.45, 2.75) is 12.5 Å². The predicted molar refractivity (Wildman–Crippen MR) is 142 cm³/mol.